The third-order valence-electron chi connectivity index (χ3n) is 4.48. The molecule has 0 aliphatic carbocycles. The van der Waals surface area contributed by atoms with Gasteiger partial charge in [-0.1, -0.05) is 12.1 Å². The Balaban J connectivity index is 1.64. The van der Waals surface area contributed by atoms with Crippen molar-refractivity contribution in [1.29, 1.82) is 0 Å². The van der Waals surface area contributed by atoms with E-state index in [0.717, 1.165) is 31.5 Å². The molecule has 0 spiro atoms. The van der Waals surface area contributed by atoms with Crippen molar-refractivity contribution in [3.63, 3.8) is 0 Å². The molecule has 6 heteroatoms. The molecule has 1 fully saturated rings. The molecule has 1 aliphatic rings. The van der Waals surface area contributed by atoms with Crippen molar-refractivity contribution in [2.75, 3.05) is 23.3 Å². The first-order valence-corrected chi connectivity index (χ1v) is 9.00. The first kappa shape index (κ1) is 18.2. The fourth-order valence-electron chi connectivity index (χ4n) is 3.16. The average Bonchev–Trinajstić information content (AvgIpc) is 3.10. The number of nitrogens with one attached hydrogen (secondary N) is 2. The maximum absolute atomic E-state index is 12.1. The average molecular weight is 355 g/mol. The van der Waals surface area contributed by atoms with Crippen LogP contribution in [0.25, 0.3) is 0 Å². The Morgan fingerprint density at radius 1 is 1.04 bits per heavy atom. The van der Waals surface area contributed by atoms with Crippen LogP contribution in [0.2, 0.25) is 0 Å². The van der Waals surface area contributed by atoms with Gasteiger partial charge < -0.3 is 15.5 Å². The van der Waals surface area contributed by atoms with E-state index in [4.69, 9.17) is 0 Å². The molecular weight excluding hydrogens is 330 g/mol. The molecular formula is C20H25N3O3. The number of benzene rings is 1. The second-order valence-corrected chi connectivity index (χ2v) is 7.83. The highest BCUT2D eigenvalue weighted by molar-refractivity contribution is 5.94. The molecule has 0 aromatic heterocycles. The summed E-state index contributed by atoms with van der Waals surface area (Å²) in [6, 6.07) is 7.24. The summed E-state index contributed by atoms with van der Waals surface area (Å²) in [5, 5.41) is 6.02. The minimum atomic E-state index is -0.437. The van der Waals surface area contributed by atoms with Crippen molar-refractivity contribution in [2.24, 2.45) is 0 Å². The van der Waals surface area contributed by atoms with E-state index >= 15 is 0 Å². The predicted molar refractivity (Wildman–Crippen MR) is 104 cm³/mol. The first-order valence-electron chi connectivity index (χ1n) is 9.00. The summed E-state index contributed by atoms with van der Waals surface area (Å²) < 4.78 is 0. The zero-order valence-electron chi connectivity index (χ0n) is 15.5. The molecule has 2 N–H and O–H groups in total. The van der Waals surface area contributed by atoms with Gasteiger partial charge in [-0.05, 0) is 51.3 Å². The minimum absolute atomic E-state index is 0.115. The topological polar surface area (TPSA) is 78.5 Å². The number of hydrogen-bond donors (Lipinski definition) is 2. The van der Waals surface area contributed by atoms with Gasteiger partial charge in [0.15, 0.2) is 0 Å². The maximum Gasteiger partial charge on any atom is 0.253 e. The summed E-state index contributed by atoms with van der Waals surface area (Å²) in [5.74, 6) is -0.115. The van der Waals surface area contributed by atoms with Crippen molar-refractivity contribution in [3.05, 3.63) is 55.8 Å². The van der Waals surface area contributed by atoms with Gasteiger partial charge in [0.05, 0.1) is 0 Å². The lowest BCUT2D eigenvalue weighted by molar-refractivity contribution is 0.0919. The second-order valence-electron chi connectivity index (χ2n) is 7.83. The van der Waals surface area contributed by atoms with E-state index in [9.17, 15) is 14.4 Å². The monoisotopic (exact) mass is 355 g/mol. The molecule has 0 unspecified atom stereocenters. The Hall–Kier alpha value is -2.63. The van der Waals surface area contributed by atoms with Crippen molar-refractivity contribution in [2.45, 2.75) is 45.7 Å². The number of amides is 1. The summed E-state index contributed by atoms with van der Waals surface area (Å²) >= 11 is 0. The van der Waals surface area contributed by atoms with E-state index in [1.54, 1.807) is 12.1 Å². The van der Waals surface area contributed by atoms with Crippen LogP contribution >= 0.6 is 0 Å². The van der Waals surface area contributed by atoms with E-state index in [2.05, 4.69) is 10.6 Å². The standard InChI is InChI=1S/C20H25N3O3/c1-20(2,3)22-19(26)14-8-6-13(7-9-14)12-21-15-16(18(25)17(15)24)23-10-4-5-11-23/h6-9,21H,4-5,10-12H2,1-3H3,(H,22,26). The number of carbonyl (C=O) groups excluding carboxylic acids is 1. The van der Waals surface area contributed by atoms with E-state index in [0.29, 0.717) is 23.5 Å². The fourth-order valence-corrected chi connectivity index (χ4v) is 3.16. The molecule has 1 heterocycles. The number of rotatable bonds is 5. The smallest absolute Gasteiger partial charge is 0.253 e. The van der Waals surface area contributed by atoms with E-state index in [-0.39, 0.29) is 16.9 Å². The Kier molecular flexibility index (Phi) is 4.85. The number of carbonyl (C=O) groups is 1. The Morgan fingerprint density at radius 3 is 2.23 bits per heavy atom. The van der Waals surface area contributed by atoms with Gasteiger partial charge in [-0.25, -0.2) is 0 Å². The van der Waals surface area contributed by atoms with Gasteiger partial charge in [0.2, 0.25) is 0 Å². The van der Waals surface area contributed by atoms with Crippen LogP contribution in [0.5, 0.6) is 0 Å². The van der Waals surface area contributed by atoms with Crippen molar-refractivity contribution >= 4 is 17.3 Å². The largest absolute Gasteiger partial charge is 0.376 e. The summed E-state index contributed by atoms with van der Waals surface area (Å²) in [4.78, 5) is 37.9. The predicted octanol–water partition coefficient (Wildman–Crippen LogP) is 2.02. The van der Waals surface area contributed by atoms with E-state index in [1.165, 1.54) is 0 Å². The first-order chi connectivity index (χ1) is 12.3. The van der Waals surface area contributed by atoms with Crippen LogP contribution in [0.1, 0.15) is 49.5 Å². The molecule has 6 nitrogen and oxygen atoms in total. The van der Waals surface area contributed by atoms with Crippen molar-refractivity contribution in [1.82, 2.24) is 5.32 Å². The Labute approximate surface area is 152 Å². The molecule has 1 aliphatic heterocycles. The van der Waals surface area contributed by atoms with Crippen LogP contribution in [0, 0.1) is 0 Å². The molecule has 26 heavy (non-hydrogen) atoms. The normalized spacial score (nSPS) is 14.7. The van der Waals surface area contributed by atoms with E-state index < -0.39 is 5.43 Å². The summed E-state index contributed by atoms with van der Waals surface area (Å²) in [6.07, 6.45) is 2.10. The SMILES string of the molecule is CC(C)(C)NC(=O)c1ccc(CNc2c(N3CCCC3)c(=O)c2=O)cc1. The molecule has 138 valence electrons. The van der Waals surface area contributed by atoms with E-state index in [1.807, 2.05) is 37.8 Å². The maximum atomic E-state index is 12.1. The highest BCUT2D eigenvalue weighted by Gasteiger charge is 2.27. The van der Waals surface area contributed by atoms with Crippen molar-refractivity contribution < 1.29 is 4.79 Å². The zero-order chi connectivity index (χ0) is 18.9. The Bertz CT molecular complexity index is 865. The van der Waals surface area contributed by atoms with Gasteiger partial charge >= 0.3 is 0 Å². The van der Waals surface area contributed by atoms with Crippen LogP contribution in [0.15, 0.2) is 33.9 Å². The quantitative estimate of drug-likeness (QED) is 0.803. The number of anilines is 2. The number of hydrogen-bond acceptors (Lipinski definition) is 5. The summed E-state index contributed by atoms with van der Waals surface area (Å²) in [7, 11) is 0. The second kappa shape index (κ2) is 6.94. The highest BCUT2D eigenvalue weighted by atomic mass is 16.2. The molecule has 1 amide bonds. The lowest BCUT2D eigenvalue weighted by atomic mass is 10.1. The fraction of sp³-hybridized carbons (Fsp3) is 0.450. The van der Waals surface area contributed by atoms with Gasteiger partial charge in [-0.3, -0.25) is 14.4 Å². The number of nitrogens with zero attached hydrogens (tertiary/aromatic N) is 1. The van der Waals surface area contributed by atoms with Gasteiger partial charge in [0.25, 0.3) is 16.8 Å². The third kappa shape index (κ3) is 3.79. The van der Waals surface area contributed by atoms with Gasteiger partial charge in [-0.2, -0.15) is 0 Å². The Morgan fingerprint density at radius 2 is 1.65 bits per heavy atom. The third-order valence-corrected chi connectivity index (χ3v) is 4.48. The summed E-state index contributed by atoms with van der Waals surface area (Å²) in [6.45, 7) is 7.91. The highest BCUT2D eigenvalue weighted by Crippen LogP contribution is 2.24. The molecule has 0 atom stereocenters. The van der Waals surface area contributed by atoms with Crippen LogP contribution in [-0.4, -0.2) is 24.5 Å². The molecule has 3 rings (SSSR count). The zero-order valence-corrected chi connectivity index (χ0v) is 15.5. The van der Waals surface area contributed by atoms with Crippen LogP contribution in [0.4, 0.5) is 11.4 Å². The molecule has 1 saturated heterocycles. The van der Waals surface area contributed by atoms with Crippen molar-refractivity contribution in [3.8, 4) is 0 Å². The molecule has 0 bridgehead atoms. The molecule has 0 radical (unpaired) electrons. The van der Waals surface area contributed by atoms with Crippen LogP contribution in [-0.2, 0) is 6.54 Å². The van der Waals surface area contributed by atoms with Gasteiger partial charge in [0, 0.05) is 30.7 Å². The summed E-state index contributed by atoms with van der Waals surface area (Å²) in [5.41, 5.74) is 1.39. The molecule has 2 aromatic rings. The van der Waals surface area contributed by atoms with Crippen LogP contribution < -0.4 is 26.4 Å². The lowest BCUT2D eigenvalue weighted by Crippen LogP contribution is -2.41. The minimum Gasteiger partial charge on any atom is -0.376 e. The van der Waals surface area contributed by atoms with Gasteiger partial charge in [-0.15, -0.1) is 0 Å². The van der Waals surface area contributed by atoms with Crippen LogP contribution in [0.3, 0.4) is 0 Å². The molecule has 0 saturated carbocycles. The molecule has 2 aromatic carbocycles. The lowest BCUT2D eigenvalue weighted by Gasteiger charge is -2.22. The van der Waals surface area contributed by atoms with Gasteiger partial charge in [0.1, 0.15) is 11.4 Å².